The minimum absolute atomic E-state index is 0.113. The summed E-state index contributed by atoms with van der Waals surface area (Å²) in [6, 6.07) is 6.69. The van der Waals surface area contributed by atoms with Crippen LogP contribution < -0.4 is 0 Å². The number of amides is 3. The zero-order chi connectivity index (χ0) is 21.9. The first-order valence-electron chi connectivity index (χ1n) is 10.7. The summed E-state index contributed by atoms with van der Waals surface area (Å²) >= 11 is 0. The molecule has 2 heterocycles. The topological polar surface area (TPSA) is 95.1 Å². The molecule has 164 valence electrons. The van der Waals surface area contributed by atoms with Gasteiger partial charge in [-0.25, -0.2) is 8.42 Å². The Morgan fingerprint density at radius 3 is 2.03 bits per heavy atom. The van der Waals surface area contributed by atoms with E-state index in [-0.39, 0.29) is 79.0 Å². The summed E-state index contributed by atoms with van der Waals surface area (Å²) in [5.74, 6) is -1.18. The van der Waals surface area contributed by atoms with E-state index in [0.717, 1.165) is 16.9 Å². The number of aryl methyl sites for hydroxylation is 1. The molecular formula is C22H25N3O5S. The molecule has 4 atom stereocenters. The highest BCUT2D eigenvalue weighted by atomic mass is 32.2. The maximum atomic E-state index is 12.8. The molecule has 0 aromatic heterocycles. The van der Waals surface area contributed by atoms with Crippen LogP contribution in [-0.2, 0) is 24.4 Å². The van der Waals surface area contributed by atoms with Gasteiger partial charge in [0, 0.05) is 26.2 Å². The predicted molar refractivity (Wildman–Crippen MR) is 111 cm³/mol. The predicted octanol–water partition coefficient (Wildman–Crippen LogP) is 0.635. The summed E-state index contributed by atoms with van der Waals surface area (Å²) < 4.78 is 27.1. The summed E-state index contributed by atoms with van der Waals surface area (Å²) in [5.41, 5.74) is 0.980. The van der Waals surface area contributed by atoms with Crippen molar-refractivity contribution in [3.8, 4) is 0 Å². The molecule has 2 aliphatic heterocycles. The van der Waals surface area contributed by atoms with Gasteiger partial charge < -0.3 is 4.90 Å². The van der Waals surface area contributed by atoms with Crippen LogP contribution in [0.15, 0.2) is 41.3 Å². The third-order valence-corrected chi connectivity index (χ3v) is 9.02. The van der Waals surface area contributed by atoms with Gasteiger partial charge in [0.1, 0.15) is 6.54 Å². The zero-order valence-corrected chi connectivity index (χ0v) is 18.1. The number of fused-ring (bicyclic) bond motifs is 5. The molecule has 1 saturated carbocycles. The highest BCUT2D eigenvalue weighted by molar-refractivity contribution is 7.89. The molecule has 0 spiro atoms. The van der Waals surface area contributed by atoms with Crippen molar-refractivity contribution in [2.24, 2.45) is 23.7 Å². The second kappa shape index (κ2) is 7.27. The smallest absolute Gasteiger partial charge is 0.243 e. The van der Waals surface area contributed by atoms with Crippen LogP contribution in [-0.4, -0.2) is 73.0 Å². The van der Waals surface area contributed by atoms with Crippen LogP contribution in [0.1, 0.15) is 12.0 Å². The van der Waals surface area contributed by atoms with E-state index in [1.54, 1.807) is 29.2 Å². The van der Waals surface area contributed by atoms with E-state index in [2.05, 4.69) is 0 Å². The summed E-state index contributed by atoms with van der Waals surface area (Å²) in [6.45, 7) is 2.48. The van der Waals surface area contributed by atoms with E-state index in [1.165, 1.54) is 4.31 Å². The van der Waals surface area contributed by atoms with Crippen molar-refractivity contribution in [2.75, 3.05) is 32.7 Å². The Morgan fingerprint density at radius 2 is 1.48 bits per heavy atom. The lowest BCUT2D eigenvalue weighted by molar-refractivity contribution is -0.147. The third kappa shape index (κ3) is 3.22. The third-order valence-electron chi connectivity index (χ3n) is 7.11. The molecule has 1 aromatic rings. The lowest BCUT2D eigenvalue weighted by Gasteiger charge is -2.34. The molecule has 0 radical (unpaired) electrons. The monoisotopic (exact) mass is 443 g/mol. The van der Waals surface area contributed by atoms with Crippen molar-refractivity contribution in [2.45, 2.75) is 18.2 Å². The van der Waals surface area contributed by atoms with Gasteiger partial charge in [0.05, 0.1) is 16.7 Å². The number of hydrogen-bond acceptors (Lipinski definition) is 5. The molecule has 4 aliphatic rings. The van der Waals surface area contributed by atoms with Crippen LogP contribution in [0.5, 0.6) is 0 Å². The second-order valence-electron chi connectivity index (χ2n) is 8.86. The van der Waals surface area contributed by atoms with Gasteiger partial charge in [0.2, 0.25) is 27.7 Å². The maximum Gasteiger partial charge on any atom is 0.243 e. The van der Waals surface area contributed by atoms with Gasteiger partial charge in [-0.05, 0) is 37.3 Å². The molecule has 0 unspecified atom stereocenters. The van der Waals surface area contributed by atoms with Crippen LogP contribution in [0.25, 0.3) is 0 Å². The van der Waals surface area contributed by atoms with Crippen LogP contribution >= 0.6 is 0 Å². The van der Waals surface area contributed by atoms with E-state index in [1.807, 2.05) is 19.1 Å². The average molecular weight is 444 g/mol. The van der Waals surface area contributed by atoms with Gasteiger partial charge in [-0.15, -0.1) is 0 Å². The first-order chi connectivity index (χ1) is 14.8. The van der Waals surface area contributed by atoms with Crippen LogP contribution in [0.2, 0.25) is 0 Å². The van der Waals surface area contributed by atoms with E-state index in [4.69, 9.17) is 0 Å². The Kier molecular flexibility index (Phi) is 4.78. The van der Waals surface area contributed by atoms with Crippen molar-refractivity contribution in [3.63, 3.8) is 0 Å². The van der Waals surface area contributed by atoms with E-state index in [9.17, 15) is 22.8 Å². The zero-order valence-electron chi connectivity index (χ0n) is 17.3. The molecule has 0 N–H and O–H groups in total. The van der Waals surface area contributed by atoms with Gasteiger partial charge >= 0.3 is 0 Å². The number of carbonyl (C=O) groups excluding carboxylic acids is 3. The first kappa shape index (κ1) is 20.4. The highest BCUT2D eigenvalue weighted by Crippen LogP contribution is 2.52. The molecule has 3 fully saturated rings. The number of benzene rings is 1. The number of nitrogens with zero attached hydrogens (tertiary/aromatic N) is 3. The van der Waals surface area contributed by atoms with E-state index in [0.29, 0.717) is 0 Å². The number of carbonyl (C=O) groups is 3. The Morgan fingerprint density at radius 1 is 0.935 bits per heavy atom. The number of imide groups is 1. The minimum Gasteiger partial charge on any atom is -0.338 e. The van der Waals surface area contributed by atoms with Gasteiger partial charge in [-0.3, -0.25) is 19.3 Å². The molecule has 31 heavy (non-hydrogen) atoms. The molecule has 2 bridgehead atoms. The average Bonchev–Trinajstić information content (AvgIpc) is 3.44. The molecule has 8 nitrogen and oxygen atoms in total. The van der Waals surface area contributed by atoms with E-state index < -0.39 is 10.0 Å². The lowest BCUT2D eigenvalue weighted by atomic mass is 9.85. The fourth-order valence-corrected chi connectivity index (χ4v) is 6.81. The largest absolute Gasteiger partial charge is 0.338 e. The number of piperazine rings is 1. The van der Waals surface area contributed by atoms with Crippen LogP contribution in [0.4, 0.5) is 0 Å². The molecule has 1 aromatic carbocycles. The quantitative estimate of drug-likeness (QED) is 0.503. The van der Waals surface area contributed by atoms with Gasteiger partial charge in [-0.2, -0.15) is 4.31 Å². The number of sulfonamides is 1. The maximum absolute atomic E-state index is 12.8. The molecule has 2 aliphatic carbocycles. The Hall–Kier alpha value is -2.52. The lowest BCUT2D eigenvalue weighted by Crippen LogP contribution is -2.53. The van der Waals surface area contributed by atoms with Gasteiger partial charge in [0.25, 0.3) is 0 Å². The summed E-state index contributed by atoms with van der Waals surface area (Å²) in [6.07, 6.45) is 4.90. The Labute approximate surface area is 181 Å². The molecule has 9 heteroatoms. The van der Waals surface area contributed by atoms with Crippen molar-refractivity contribution in [3.05, 3.63) is 42.0 Å². The molecule has 2 saturated heterocycles. The van der Waals surface area contributed by atoms with Crippen LogP contribution in [0, 0.1) is 30.6 Å². The number of rotatable bonds is 4. The molecular weight excluding hydrogens is 418 g/mol. The first-order valence-corrected chi connectivity index (χ1v) is 12.1. The number of hydrogen-bond donors (Lipinski definition) is 0. The number of allylic oxidation sites excluding steroid dienone is 2. The van der Waals surface area contributed by atoms with Crippen molar-refractivity contribution in [1.29, 1.82) is 0 Å². The van der Waals surface area contributed by atoms with Gasteiger partial charge in [-0.1, -0.05) is 29.8 Å². The van der Waals surface area contributed by atoms with Crippen molar-refractivity contribution in [1.82, 2.24) is 14.1 Å². The number of likely N-dealkylation sites (tertiary alicyclic amines) is 1. The summed E-state index contributed by atoms with van der Waals surface area (Å²) in [4.78, 5) is 41.3. The van der Waals surface area contributed by atoms with Gasteiger partial charge in [0.15, 0.2) is 0 Å². The normalized spacial score (nSPS) is 30.4. The highest BCUT2D eigenvalue weighted by Gasteiger charge is 2.59. The van der Waals surface area contributed by atoms with Crippen molar-refractivity contribution < 1.29 is 22.8 Å². The fourth-order valence-electron chi connectivity index (χ4n) is 5.39. The van der Waals surface area contributed by atoms with E-state index >= 15 is 0 Å². The Balaban J connectivity index is 1.21. The summed E-state index contributed by atoms with van der Waals surface area (Å²) in [5, 5.41) is 0. The second-order valence-corrected chi connectivity index (χ2v) is 10.8. The standard InChI is InChI=1S/C22H25N3O5S/c1-14-2-6-17(7-3-14)31(29,30)24-10-8-23(9-11-24)18(26)13-25-21(27)19-15-4-5-16(12-15)20(19)22(25)28/h2-7,15-16,19-20H,8-13H2,1H3/t15-,16-,19-,20-/m0/s1. The fraction of sp³-hybridized carbons (Fsp3) is 0.500. The van der Waals surface area contributed by atoms with Crippen LogP contribution in [0.3, 0.4) is 0 Å². The molecule has 3 amide bonds. The SMILES string of the molecule is Cc1ccc(S(=O)(=O)N2CCN(C(=O)CN3C(=O)[C@@H]4[C@@H](C3=O)[C@H]3C=C[C@H]4C3)CC2)cc1. The Bertz CT molecular complexity index is 1040. The molecule has 5 rings (SSSR count). The van der Waals surface area contributed by atoms with Crippen molar-refractivity contribution >= 4 is 27.7 Å². The summed E-state index contributed by atoms with van der Waals surface area (Å²) in [7, 11) is -3.61. The minimum atomic E-state index is -3.61.